The first-order valence-corrected chi connectivity index (χ1v) is 8.78. The summed E-state index contributed by atoms with van der Waals surface area (Å²) in [5.41, 5.74) is 2.25. The maximum Gasteiger partial charge on any atom is 0.188 e. The van der Waals surface area contributed by atoms with Crippen LogP contribution in [-0.2, 0) is 4.74 Å². The zero-order valence-electron chi connectivity index (χ0n) is 14.7. The highest BCUT2D eigenvalue weighted by molar-refractivity contribution is 5.59. The van der Waals surface area contributed by atoms with Crippen molar-refractivity contribution in [3.05, 3.63) is 35.4 Å². The molecule has 23 heavy (non-hydrogen) atoms. The number of allylic oxidation sites excluding steroid dienone is 1. The summed E-state index contributed by atoms with van der Waals surface area (Å²) in [5.74, 6) is 0.912. The van der Waals surface area contributed by atoms with Crippen LogP contribution in [0.4, 0.5) is 0 Å². The third-order valence-corrected chi connectivity index (χ3v) is 3.89. The van der Waals surface area contributed by atoms with Crippen molar-refractivity contribution in [2.24, 2.45) is 0 Å². The lowest BCUT2D eigenvalue weighted by Gasteiger charge is -2.11. The number of aliphatic hydroxyl groups excluding tert-OH is 1. The molecule has 0 unspecified atom stereocenters. The van der Waals surface area contributed by atoms with Gasteiger partial charge in [-0.05, 0) is 31.7 Å². The average Bonchev–Trinajstić information content (AvgIpc) is 2.56. The highest BCUT2D eigenvalue weighted by Gasteiger charge is 2.03. The molecule has 0 heterocycles. The molecule has 0 radical (unpaired) electrons. The van der Waals surface area contributed by atoms with Gasteiger partial charge in [0.2, 0.25) is 0 Å². The number of rotatable bonds is 13. The van der Waals surface area contributed by atoms with Crippen molar-refractivity contribution in [2.45, 2.75) is 58.3 Å². The topological polar surface area (TPSA) is 38.7 Å². The molecule has 3 nitrogen and oxygen atoms in total. The number of aryl methyl sites for hydroxylation is 1. The minimum atomic E-state index is 0.280. The lowest BCUT2D eigenvalue weighted by atomic mass is 10.1. The standard InChI is InChI=1S/C20H32O3/c1-18-13-12-15-19(20(18)23-17-22-2)14-10-8-6-4-3-5-7-9-11-16-21/h10,12-15,21H,3-9,11,16-17H2,1-2H3/b14-10+. The molecular weight excluding hydrogens is 288 g/mol. The number of ether oxygens (including phenoxy) is 2. The summed E-state index contributed by atoms with van der Waals surface area (Å²) in [6, 6.07) is 6.19. The van der Waals surface area contributed by atoms with Crippen LogP contribution in [0.3, 0.4) is 0 Å². The van der Waals surface area contributed by atoms with Crippen LogP contribution in [0.25, 0.3) is 6.08 Å². The summed E-state index contributed by atoms with van der Waals surface area (Å²) >= 11 is 0. The van der Waals surface area contributed by atoms with Crippen LogP contribution in [0.1, 0.15) is 62.5 Å². The first kappa shape index (κ1) is 19.7. The number of hydrogen-bond donors (Lipinski definition) is 1. The van der Waals surface area contributed by atoms with Gasteiger partial charge in [-0.3, -0.25) is 0 Å². The Balaban J connectivity index is 2.25. The average molecular weight is 320 g/mol. The maximum atomic E-state index is 8.72. The summed E-state index contributed by atoms with van der Waals surface area (Å²) in [6.07, 6.45) is 14.0. The number of para-hydroxylation sites is 1. The van der Waals surface area contributed by atoms with Gasteiger partial charge in [-0.1, -0.05) is 62.5 Å². The Kier molecular flexibility index (Phi) is 11.3. The van der Waals surface area contributed by atoms with Gasteiger partial charge in [0, 0.05) is 19.3 Å². The summed E-state index contributed by atoms with van der Waals surface area (Å²) in [4.78, 5) is 0. The Hall–Kier alpha value is -1.32. The summed E-state index contributed by atoms with van der Waals surface area (Å²) in [6.45, 7) is 2.67. The largest absolute Gasteiger partial charge is 0.467 e. The number of benzene rings is 1. The van der Waals surface area contributed by atoms with Gasteiger partial charge >= 0.3 is 0 Å². The van der Waals surface area contributed by atoms with E-state index in [9.17, 15) is 0 Å². The van der Waals surface area contributed by atoms with Gasteiger partial charge in [-0.2, -0.15) is 0 Å². The van der Waals surface area contributed by atoms with Gasteiger partial charge in [-0.15, -0.1) is 0 Å². The van der Waals surface area contributed by atoms with Crippen LogP contribution in [0, 0.1) is 6.92 Å². The van der Waals surface area contributed by atoms with E-state index in [2.05, 4.69) is 37.3 Å². The molecule has 0 amide bonds. The number of hydrogen-bond acceptors (Lipinski definition) is 3. The quantitative estimate of drug-likeness (QED) is 0.406. The second-order valence-electron chi connectivity index (χ2n) is 5.93. The smallest absolute Gasteiger partial charge is 0.188 e. The molecule has 1 N–H and O–H groups in total. The van der Waals surface area contributed by atoms with E-state index < -0.39 is 0 Å². The fraction of sp³-hybridized carbons (Fsp3) is 0.600. The minimum absolute atomic E-state index is 0.280. The van der Waals surface area contributed by atoms with Crippen LogP contribution < -0.4 is 4.74 Å². The molecule has 0 saturated heterocycles. The Morgan fingerprint density at radius 1 is 1.00 bits per heavy atom. The molecule has 1 rings (SSSR count). The molecule has 0 spiro atoms. The second kappa shape index (κ2) is 13.1. The molecule has 0 aliphatic heterocycles. The van der Waals surface area contributed by atoms with Crippen LogP contribution in [0.15, 0.2) is 24.3 Å². The summed E-state index contributed by atoms with van der Waals surface area (Å²) < 4.78 is 10.7. The predicted octanol–water partition coefficient (Wildman–Crippen LogP) is 5.10. The van der Waals surface area contributed by atoms with Crippen molar-refractivity contribution in [3.63, 3.8) is 0 Å². The molecular formula is C20H32O3. The zero-order chi connectivity index (χ0) is 16.8. The molecule has 0 aliphatic rings. The predicted molar refractivity (Wildman–Crippen MR) is 96.7 cm³/mol. The molecule has 0 saturated carbocycles. The molecule has 0 aromatic heterocycles. The van der Waals surface area contributed by atoms with Gasteiger partial charge in [0.15, 0.2) is 6.79 Å². The zero-order valence-corrected chi connectivity index (χ0v) is 14.7. The fourth-order valence-electron chi connectivity index (χ4n) is 2.59. The van der Waals surface area contributed by atoms with Crippen molar-refractivity contribution in [2.75, 3.05) is 20.5 Å². The highest BCUT2D eigenvalue weighted by atomic mass is 16.7. The van der Waals surface area contributed by atoms with Crippen LogP contribution in [0.2, 0.25) is 0 Å². The SMILES string of the molecule is COCOc1c(C)cccc1/C=C/CCCCCCCCCO. The molecule has 0 atom stereocenters. The molecule has 0 fully saturated rings. The third-order valence-electron chi connectivity index (χ3n) is 3.89. The van der Waals surface area contributed by atoms with Crippen molar-refractivity contribution >= 4 is 6.08 Å². The number of methoxy groups -OCH3 is 1. The number of aliphatic hydroxyl groups is 1. The van der Waals surface area contributed by atoms with Gasteiger partial charge < -0.3 is 14.6 Å². The van der Waals surface area contributed by atoms with Crippen LogP contribution in [-0.4, -0.2) is 25.6 Å². The van der Waals surface area contributed by atoms with Crippen molar-refractivity contribution < 1.29 is 14.6 Å². The van der Waals surface area contributed by atoms with Gasteiger partial charge in [0.05, 0.1) is 0 Å². The van der Waals surface area contributed by atoms with Crippen LogP contribution >= 0.6 is 0 Å². The third kappa shape index (κ3) is 8.77. The minimum Gasteiger partial charge on any atom is -0.467 e. The van der Waals surface area contributed by atoms with E-state index in [1.165, 1.54) is 32.1 Å². The monoisotopic (exact) mass is 320 g/mol. The van der Waals surface area contributed by atoms with Gasteiger partial charge in [0.1, 0.15) is 5.75 Å². The molecule has 3 heteroatoms. The van der Waals surface area contributed by atoms with Gasteiger partial charge in [0.25, 0.3) is 0 Å². The van der Waals surface area contributed by atoms with Crippen LogP contribution in [0.5, 0.6) is 5.75 Å². The Labute approximate surface area is 141 Å². The van der Waals surface area contributed by atoms with Crippen molar-refractivity contribution in [1.29, 1.82) is 0 Å². The van der Waals surface area contributed by atoms with Crippen molar-refractivity contribution in [1.82, 2.24) is 0 Å². The van der Waals surface area contributed by atoms with Crippen molar-refractivity contribution in [3.8, 4) is 5.75 Å². The van der Waals surface area contributed by atoms with E-state index in [4.69, 9.17) is 14.6 Å². The first-order chi connectivity index (χ1) is 11.3. The summed E-state index contributed by atoms with van der Waals surface area (Å²) in [7, 11) is 1.64. The highest BCUT2D eigenvalue weighted by Crippen LogP contribution is 2.25. The molecule has 130 valence electrons. The molecule has 0 bridgehead atoms. The van der Waals surface area contributed by atoms with E-state index in [-0.39, 0.29) is 6.79 Å². The Bertz CT molecular complexity index is 441. The fourth-order valence-corrected chi connectivity index (χ4v) is 2.59. The summed E-state index contributed by atoms with van der Waals surface area (Å²) in [5, 5.41) is 8.72. The number of unbranched alkanes of at least 4 members (excludes halogenated alkanes) is 7. The second-order valence-corrected chi connectivity index (χ2v) is 5.93. The van der Waals surface area contributed by atoms with E-state index in [1.54, 1.807) is 7.11 Å². The van der Waals surface area contributed by atoms with E-state index in [0.29, 0.717) is 6.61 Å². The molecule has 0 aliphatic carbocycles. The van der Waals surface area contributed by atoms with E-state index >= 15 is 0 Å². The normalized spacial score (nSPS) is 11.3. The Morgan fingerprint density at radius 2 is 1.70 bits per heavy atom. The van der Waals surface area contributed by atoms with Gasteiger partial charge in [-0.25, -0.2) is 0 Å². The van der Waals surface area contributed by atoms with E-state index in [1.807, 2.05) is 0 Å². The first-order valence-electron chi connectivity index (χ1n) is 8.78. The lowest BCUT2D eigenvalue weighted by molar-refractivity contribution is 0.0505. The molecule has 1 aromatic carbocycles. The maximum absolute atomic E-state index is 8.72. The lowest BCUT2D eigenvalue weighted by Crippen LogP contribution is -2.01. The Morgan fingerprint density at radius 3 is 2.39 bits per heavy atom. The molecule has 1 aromatic rings. The van der Waals surface area contributed by atoms with E-state index in [0.717, 1.165) is 36.1 Å².